The minimum atomic E-state index is 1.19. The van der Waals surface area contributed by atoms with Crippen LogP contribution in [0, 0.1) is 0 Å². The molecule has 1 rings (SSSR count). The smallest absolute Gasteiger partial charge is 0.172 e. The number of unbranched alkanes of at least 4 members (excludes halogenated alkanes) is 24. The summed E-state index contributed by atoms with van der Waals surface area (Å²) in [5.74, 6) is 0. The highest BCUT2D eigenvalue weighted by molar-refractivity contribution is 5.21. The third kappa shape index (κ3) is 22.5. The zero-order valence-corrected chi connectivity index (χ0v) is 27.4. The lowest BCUT2D eigenvalue weighted by atomic mass is 9.97. The summed E-state index contributed by atoms with van der Waals surface area (Å²) in [5, 5.41) is 0. The summed E-state index contributed by atoms with van der Waals surface area (Å²) in [6, 6.07) is 2.47. The second-order valence-corrected chi connectivity index (χ2v) is 12.7. The van der Waals surface area contributed by atoms with Gasteiger partial charge in [-0.2, -0.15) is 0 Å². The number of hydrogen-bond donors (Lipinski definition) is 0. The van der Waals surface area contributed by atoms with Crippen molar-refractivity contribution in [2.75, 3.05) is 0 Å². The second kappa shape index (κ2) is 28.7. The van der Waals surface area contributed by atoms with Crippen molar-refractivity contribution in [1.82, 2.24) is 0 Å². The lowest BCUT2D eigenvalue weighted by molar-refractivity contribution is -0.697. The van der Waals surface area contributed by atoms with E-state index in [1.54, 1.807) is 11.1 Å². The summed E-state index contributed by atoms with van der Waals surface area (Å²) >= 11 is 0. The Hall–Kier alpha value is -0.850. The molecule has 228 valence electrons. The topological polar surface area (TPSA) is 3.88 Å². The molecule has 0 atom stereocenters. The van der Waals surface area contributed by atoms with Crippen molar-refractivity contribution < 1.29 is 4.57 Å². The molecule has 0 radical (unpaired) electrons. The van der Waals surface area contributed by atoms with Gasteiger partial charge in [0.1, 0.15) is 6.54 Å². The largest absolute Gasteiger partial charge is 0.205 e. The molecule has 1 aromatic heterocycles. The van der Waals surface area contributed by atoms with E-state index >= 15 is 0 Å². The Morgan fingerprint density at radius 3 is 1.13 bits per heavy atom. The van der Waals surface area contributed by atoms with Gasteiger partial charge in [0.25, 0.3) is 0 Å². The van der Waals surface area contributed by atoms with Crippen LogP contribution in [-0.4, -0.2) is 0 Å². The van der Waals surface area contributed by atoms with Gasteiger partial charge in [0.05, 0.1) is 0 Å². The van der Waals surface area contributed by atoms with Crippen LogP contribution in [0.3, 0.4) is 0 Å². The van der Waals surface area contributed by atoms with Crippen molar-refractivity contribution in [1.29, 1.82) is 0 Å². The molecule has 0 spiro atoms. The molecule has 0 unspecified atom stereocenters. The maximum Gasteiger partial charge on any atom is 0.172 e. The molecule has 0 bridgehead atoms. The normalized spacial score (nSPS) is 11.5. The molecule has 0 aliphatic carbocycles. The average Bonchev–Trinajstić information content (AvgIpc) is 2.95. The molecule has 0 amide bonds. The first kappa shape index (κ1) is 36.2. The molecule has 0 saturated heterocycles. The summed E-state index contributed by atoms with van der Waals surface area (Å²) in [6.45, 7) is 8.12. The van der Waals surface area contributed by atoms with Crippen molar-refractivity contribution in [2.24, 2.45) is 0 Å². The van der Waals surface area contributed by atoms with E-state index in [1.165, 1.54) is 193 Å². The Morgan fingerprint density at radius 2 is 0.718 bits per heavy atom. The van der Waals surface area contributed by atoms with E-state index in [0.717, 1.165) is 0 Å². The number of rotatable bonds is 30. The predicted octanol–water partition coefficient (Wildman–Crippen LogP) is 12.7. The van der Waals surface area contributed by atoms with Gasteiger partial charge in [-0.1, -0.05) is 168 Å². The molecule has 1 heteroatoms. The van der Waals surface area contributed by atoms with Crippen LogP contribution in [0.4, 0.5) is 0 Å². The lowest BCUT2D eigenvalue weighted by Gasteiger charge is -2.10. The lowest BCUT2D eigenvalue weighted by Crippen LogP contribution is -2.33. The summed E-state index contributed by atoms with van der Waals surface area (Å²) in [4.78, 5) is 0. The molecule has 0 fully saturated rings. The number of aromatic nitrogens is 1. The van der Waals surface area contributed by atoms with Gasteiger partial charge >= 0.3 is 0 Å². The SMILES string of the molecule is CCCCCCCCCCCCCCc1cc[n+](CCCCC)cc1CCCCCCCCCCCCCC. The van der Waals surface area contributed by atoms with Crippen LogP contribution in [0.1, 0.15) is 205 Å². The van der Waals surface area contributed by atoms with Gasteiger partial charge in [0.15, 0.2) is 12.4 Å². The molecule has 0 aromatic carbocycles. The highest BCUT2D eigenvalue weighted by Gasteiger charge is 2.10. The van der Waals surface area contributed by atoms with Crippen LogP contribution in [0.25, 0.3) is 0 Å². The highest BCUT2D eigenvalue weighted by Crippen LogP contribution is 2.18. The van der Waals surface area contributed by atoms with E-state index in [0.29, 0.717) is 0 Å². The van der Waals surface area contributed by atoms with Gasteiger partial charge < -0.3 is 0 Å². The minimum absolute atomic E-state index is 1.19. The number of nitrogens with zero attached hydrogens (tertiary/aromatic N) is 1. The van der Waals surface area contributed by atoms with E-state index in [4.69, 9.17) is 0 Å². The molecule has 0 N–H and O–H groups in total. The van der Waals surface area contributed by atoms with Crippen molar-refractivity contribution in [3.63, 3.8) is 0 Å². The van der Waals surface area contributed by atoms with Gasteiger partial charge in [-0.05, 0) is 37.7 Å². The van der Waals surface area contributed by atoms with Crippen LogP contribution >= 0.6 is 0 Å². The Morgan fingerprint density at radius 1 is 0.385 bits per heavy atom. The molecule has 0 aliphatic rings. The van der Waals surface area contributed by atoms with Crippen molar-refractivity contribution in [2.45, 2.75) is 214 Å². The van der Waals surface area contributed by atoms with Crippen LogP contribution in [0.5, 0.6) is 0 Å². The van der Waals surface area contributed by atoms with E-state index in [1.807, 2.05) is 0 Å². The van der Waals surface area contributed by atoms with Crippen molar-refractivity contribution in [3.05, 3.63) is 29.6 Å². The second-order valence-electron chi connectivity index (χ2n) is 12.7. The maximum absolute atomic E-state index is 2.52. The monoisotopic (exact) mass is 543 g/mol. The first-order valence-corrected chi connectivity index (χ1v) is 18.3. The molecule has 1 heterocycles. The summed E-state index contributed by atoms with van der Waals surface area (Å²) in [6.07, 6.45) is 46.0. The molecular weight excluding hydrogens is 470 g/mol. The van der Waals surface area contributed by atoms with Crippen LogP contribution in [0.2, 0.25) is 0 Å². The molecular formula is C38H72N+. The van der Waals surface area contributed by atoms with Gasteiger partial charge in [0.2, 0.25) is 0 Å². The quantitative estimate of drug-likeness (QED) is 0.0672. The number of hydrogen-bond acceptors (Lipinski definition) is 0. The first-order valence-electron chi connectivity index (χ1n) is 18.3. The standard InChI is InChI=1S/C38H72N/c1-4-7-10-12-14-16-18-20-22-24-26-28-31-37-33-35-39(34-30-9-6-3)36-38(37)32-29-27-25-23-21-19-17-15-13-11-8-5-2/h33,35-36H,4-32,34H2,1-3H3/q+1. The van der Waals surface area contributed by atoms with Crippen molar-refractivity contribution in [3.8, 4) is 0 Å². The van der Waals surface area contributed by atoms with Crippen molar-refractivity contribution >= 4 is 0 Å². The number of aryl methyl sites for hydroxylation is 3. The highest BCUT2D eigenvalue weighted by atomic mass is 14.9. The van der Waals surface area contributed by atoms with Crippen LogP contribution < -0.4 is 4.57 Å². The van der Waals surface area contributed by atoms with Gasteiger partial charge in [-0.3, -0.25) is 0 Å². The maximum atomic E-state index is 2.52. The van der Waals surface area contributed by atoms with E-state index in [9.17, 15) is 0 Å². The zero-order chi connectivity index (χ0) is 28.1. The minimum Gasteiger partial charge on any atom is -0.205 e. The van der Waals surface area contributed by atoms with Gasteiger partial charge in [-0.25, -0.2) is 4.57 Å². The summed E-state index contributed by atoms with van der Waals surface area (Å²) < 4.78 is 2.48. The first-order chi connectivity index (χ1) is 19.3. The van der Waals surface area contributed by atoms with E-state index in [-0.39, 0.29) is 0 Å². The molecule has 39 heavy (non-hydrogen) atoms. The zero-order valence-electron chi connectivity index (χ0n) is 27.4. The fourth-order valence-corrected chi connectivity index (χ4v) is 6.08. The van der Waals surface area contributed by atoms with Gasteiger partial charge in [0, 0.05) is 18.1 Å². The Bertz CT molecular complexity index is 621. The fourth-order valence-electron chi connectivity index (χ4n) is 6.08. The Kier molecular flexibility index (Phi) is 26.6. The molecule has 0 aliphatic heterocycles. The third-order valence-corrected chi connectivity index (χ3v) is 8.82. The van der Waals surface area contributed by atoms with E-state index < -0.39 is 0 Å². The predicted molar refractivity (Wildman–Crippen MR) is 176 cm³/mol. The van der Waals surface area contributed by atoms with Crippen LogP contribution in [-0.2, 0) is 19.4 Å². The number of pyridine rings is 1. The summed E-state index contributed by atoms with van der Waals surface area (Å²) in [5.41, 5.74) is 3.31. The third-order valence-electron chi connectivity index (χ3n) is 8.82. The Labute approximate surface area is 247 Å². The summed E-state index contributed by atoms with van der Waals surface area (Å²) in [7, 11) is 0. The molecule has 0 saturated carbocycles. The molecule has 1 nitrogen and oxygen atoms in total. The fraction of sp³-hybridized carbons (Fsp3) is 0.868. The Balaban J connectivity index is 2.24. The average molecular weight is 543 g/mol. The molecule has 1 aromatic rings. The van der Waals surface area contributed by atoms with Crippen LogP contribution in [0.15, 0.2) is 18.5 Å². The van der Waals surface area contributed by atoms with Gasteiger partial charge in [-0.15, -0.1) is 0 Å². The van der Waals surface area contributed by atoms with E-state index in [2.05, 4.69) is 43.8 Å².